The Morgan fingerprint density at radius 2 is 1.97 bits per heavy atom. The van der Waals surface area contributed by atoms with Crippen LogP contribution in [0.1, 0.15) is 26.2 Å². The van der Waals surface area contributed by atoms with Crippen LogP contribution in [0.25, 0.3) is 21.5 Å². The number of hydrogen-bond acceptors (Lipinski definition) is 6. The second-order valence-electron chi connectivity index (χ2n) is 6.87. The molecule has 0 N–H and O–H groups in total. The number of hydrogen-bond donors (Lipinski definition) is 0. The van der Waals surface area contributed by atoms with Crippen molar-refractivity contribution in [3.05, 3.63) is 65.9 Å². The van der Waals surface area contributed by atoms with Gasteiger partial charge in [0.2, 0.25) is 11.7 Å². The molecule has 0 bridgehead atoms. The van der Waals surface area contributed by atoms with Crippen LogP contribution >= 0.6 is 11.3 Å². The average molecular weight is 422 g/mol. The van der Waals surface area contributed by atoms with Crippen molar-refractivity contribution in [3.63, 3.8) is 0 Å². The number of aromatic nitrogens is 2. The minimum atomic E-state index is -0.578. The number of amides is 1. The average Bonchev–Trinajstić information content (AvgIpc) is 3.47. The van der Waals surface area contributed by atoms with E-state index in [0.717, 1.165) is 15.6 Å². The van der Waals surface area contributed by atoms with Crippen molar-refractivity contribution in [1.82, 2.24) is 15.0 Å². The third-order valence-corrected chi connectivity index (χ3v) is 5.74. The Bertz CT molecular complexity index is 1120. The first-order valence-electron chi connectivity index (χ1n) is 9.98. The summed E-state index contributed by atoms with van der Waals surface area (Å²) in [6, 6.07) is 17.8. The highest BCUT2D eigenvalue weighted by Crippen LogP contribution is 2.24. The summed E-state index contributed by atoms with van der Waals surface area (Å²) < 4.78 is 11.4. The molecule has 30 heavy (non-hydrogen) atoms. The van der Waals surface area contributed by atoms with E-state index in [1.807, 2.05) is 67.8 Å². The van der Waals surface area contributed by atoms with E-state index in [0.29, 0.717) is 30.4 Å². The molecule has 154 valence electrons. The van der Waals surface area contributed by atoms with E-state index in [2.05, 4.69) is 16.2 Å². The van der Waals surface area contributed by atoms with Crippen LogP contribution in [0.2, 0.25) is 0 Å². The molecule has 1 atom stereocenters. The molecule has 0 saturated heterocycles. The van der Waals surface area contributed by atoms with Gasteiger partial charge in [0.1, 0.15) is 12.3 Å². The summed E-state index contributed by atoms with van der Waals surface area (Å²) in [6.45, 7) is 4.65. The summed E-state index contributed by atoms with van der Waals surface area (Å²) in [4.78, 5) is 20.2. The van der Waals surface area contributed by atoms with Crippen molar-refractivity contribution in [2.45, 2.75) is 32.9 Å². The third kappa shape index (κ3) is 4.36. The van der Waals surface area contributed by atoms with Gasteiger partial charge in [-0.25, -0.2) is 0 Å². The molecule has 0 aliphatic carbocycles. The van der Waals surface area contributed by atoms with Gasteiger partial charge in [-0.1, -0.05) is 48.5 Å². The van der Waals surface area contributed by atoms with Crippen molar-refractivity contribution < 1.29 is 14.1 Å². The number of thiophene rings is 1. The molecule has 2 heterocycles. The molecule has 0 saturated carbocycles. The van der Waals surface area contributed by atoms with Crippen molar-refractivity contribution in [3.8, 4) is 16.5 Å². The number of rotatable bonds is 8. The summed E-state index contributed by atoms with van der Waals surface area (Å²) in [5.74, 6) is 1.55. The fraction of sp³-hybridized carbons (Fsp3) is 0.261. The van der Waals surface area contributed by atoms with Gasteiger partial charge in [0.25, 0.3) is 5.91 Å². The van der Waals surface area contributed by atoms with E-state index in [4.69, 9.17) is 9.26 Å². The highest BCUT2D eigenvalue weighted by molar-refractivity contribution is 7.13. The number of nitrogens with zero attached hydrogens (tertiary/aromatic N) is 3. The number of benzene rings is 2. The quantitative estimate of drug-likeness (QED) is 0.393. The lowest BCUT2D eigenvalue weighted by molar-refractivity contribution is -0.139. The number of carbonyl (C=O) groups excluding carboxylic acids is 1. The Morgan fingerprint density at radius 1 is 1.13 bits per heavy atom. The lowest BCUT2D eigenvalue weighted by Gasteiger charge is -2.25. The molecule has 0 radical (unpaired) electrons. The summed E-state index contributed by atoms with van der Waals surface area (Å²) in [6.07, 6.45) is -0.0160. The Hall–Kier alpha value is -3.19. The smallest absolute Gasteiger partial charge is 0.264 e. The molecule has 0 aliphatic rings. The van der Waals surface area contributed by atoms with Crippen LogP contribution in [0.15, 0.2) is 64.5 Å². The molecule has 0 unspecified atom stereocenters. The molecular weight excluding hydrogens is 398 g/mol. The summed E-state index contributed by atoms with van der Waals surface area (Å²) >= 11 is 1.55. The Kier molecular flexibility index (Phi) is 6.09. The van der Waals surface area contributed by atoms with Gasteiger partial charge in [-0.2, -0.15) is 4.98 Å². The molecule has 7 heteroatoms. The maximum absolute atomic E-state index is 13.1. The van der Waals surface area contributed by atoms with E-state index in [9.17, 15) is 4.79 Å². The van der Waals surface area contributed by atoms with Crippen LogP contribution in [0.3, 0.4) is 0 Å². The Morgan fingerprint density at radius 3 is 2.70 bits per heavy atom. The number of likely N-dealkylation sites (N-methyl/N-ethyl adjacent to an activating group) is 1. The monoisotopic (exact) mass is 421 g/mol. The molecular formula is C23H23N3O3S. The molecule has 2 aromatic heterocycles. The predicted molar refractivity (Wildman–Crippen MR) is 117 cm³/mol. The van der Waals surface area contributed by atoms with E-state index in [1.54, 1.807) is 16.2 Å². The Balaban J connectivity index is 1.46. The molecule has 0 spiro atoms. The van der Waals surface area contributed by atoms with Gasteiger partial charge in [-0.15, -0.1) is 11.3 Å². The molecule has 1 amide bonds. The van der Waals surface area contributed by atoms with E-state index in [-0.39, 0.29) is 12.5 Å². The van der Waals surface area contributed by atoms with Crippen molar-refractivity contribution in [2.75, 3.05) is 6.54 Å². The number of carbonyl (C=O) groups is 1. The highest BCUT2D eigenvalue weighted by atomic mass is 32.1. The second-order valence-corrected chi connectivity index (χ2v) is 7.81. The van der Waals surface area contributed by atoms with E-state index in [1.165, 1.54) is 0 Å². The summed E-state index contributed by atoms with van der Waals surface area (Å²) in [5, 5.41) is 8.20. The van der Waals surface area contributed by atoms with Gasteiger partial charge in [0.15, 0.2) is 6.10 Å². The molecule has 2 aromatic carbocycles. The van der Waals surface area contributed by atoms with E-state index < -0.39 is 6.10 Å². The van der Waals surface area contributed by atoms with Crippen LogP contribution in [0.5, 0.6) is 5.75 Å². The molecule has 0 fully saturated rings. The lowest BCUT2D eigenvalue weighted by atomic mass is 10.1. The SMILES string of the molecule is CC[C@@H](Oc1ccc2ccccc2c1)C(=O)N(CC)Cc1nc(-c2cccs2)no1. The minimum Gasteiger partial charge on any atom is -0.481 e. The van der Waals surface area contributed by atoms with Crippen LogP contribution in [-0.4, -0.2) is 33.6 Å². The summed E-state index contributed by atoms with van der Waals surface area (Å²) in [5.41, 5.74) is 0. The van der Waals surface area contributed by atoms with Gasteiger partial charge in [0, 0.05) is 6.54 Å². The molecule has 4 rings (SSSR count). The fourth-order valence-electron chi connectivity index (χ4n) is 3.25. The normalized spacial score (nSPS) is 12.1. The van der Waals surface area contributed by atoms with Crippen LogP contribution < -0.4 is 4.74 Å². The van der Waals surface area contributed by atoms with Gasteiger partial charge in [-0.05, 0) is 47.7 Å². The largest absolute Gasteiger partial charge is 0.481 e. The third-order valence-electron chi connectivity index (χ3n) is 4.87. The fourth-order valence-corrected chi connectivity index (χ4v) is 3.90. The van der Waals surface area contributed by atoms with Crippen molar-refractivity contribution in [1.29, 1.82) is 0 Å². The topological polar surface area (TPSA) is 68.5 Å². The molecule has 6 nitrogen and oxygen atoms in total. The van der Waals surface area contributed by atoms with Gasteiger partial charge in [0.05, 0.1) is 4.88 Å². The first-order valence-corrected chi connectivity index (χ1v) is 10.9. The zero-order valence-corrected chi connectivity index (χ0v) is 17.8. The number of ether oxygens (including phenoxy) is 1. The zero-order valence-electron chi connectivity index (χ0n) is 16.9. The van der Waals surface area contributed by atoms with Crippen molar-refractivity contribution in [2.24, 2.45) is 0 Å². The van der Waals surface area contributed by atoms with Gasteiger partial charge >= 0.3 is 0 Å². The maximum Gasteiger partial charge on any atom is 0.264 e. The highest BCUT2D eigenvalue weighted by Gasteiger charge is 2.25. The van der Waals surface area contributed by atoms with Gasteiger partial charge in [-0.3, -0.25) is 4.79 Å². The lowest BCUT2D eigenvalue weighted by Crippen LogP contribution is -2.41. The molecule has 4 aromatic rings. The van der Waals surface area contributed by atoms with Gasteiger partial charge < -0.3 is 14.2 Å². The van der Waals surface area contributed by atoms with Crippen molar-refractivity contribution >= 4 is 28.0 Å². The molecule has 0 aliphatic heterocycles. The first kappa shape index (κ1) is 20.1. The number of fused-ring (bicyclic) bond motifs is 1. The van der Waals surface area contributed by atoms with E-state index >= 15 is 0 Å². The maximum atomic E-state index is 13.1. The zero-order chi connectivity index (χ0) is 20.9. The van der Waals surface area contributed by atoms with Crippen LogP contribution in [-0.2, 0) is 11.3 Å². The minimum absolute atomic E-state index is 0.0935. The summed E-state index contributed by atoms with van der Waals surface area (Å²) in [7, 11) is 0. The standard InChI is InChI=1S/C23H23N3O3S/c1-3-19(28-18-12-11-16-8-5-6-9-17(16)14-18)23(27)26(4-2)15-21-24-22(25-29-21)20-10-7-13-30-20/h5-14,19H,3-4,15H2,1-2H3/t19-/m1/s1. The first-order chi connectivity index (χ1) is 14.7. The predicted octanol–water partition coefficient (Wildman–Crippen LogP) is 5.16. The second kappa shape index (κ2) is 9.09. The van der Waals surface area contributed by atoms with Crippen LogP contribution in [0, 0.1) is 0 Å². The Labute approximate surface area is 179 Å². The van der Waals surface area contributed by atoms with Crippen LogP contribution in [0.4, 0.5) is 0 Å².